The molecule has 1 amide bonds. The number of anilines is 1. The van der Waals surface area contributed by atoms with Gasteiger partial charge in [-0.2, -0.15) is 5.26 Å². The summed E-state index contributed by atoms with van der Waals surface area (Å²) >= 11 is 0. The number of fused-ring (bicyclic) bond motifs is 2. The molecule has 27 heavy (non-hydrogen) atoms. The van der Waals surface area contributed by atoms with Crippen molar-refractivity contribution in [2.24, 2.45) is 5.16 Å². The van der Waals surface area contributed by atoms with Crippen LogP contribution >= 0.6 is 0 Å². The molecular weight excluding hydrogens is 342 g/mol. The number of para-hydroxylation sites is 3. The van der Waals surface area contributed by atoms with E-state index in [-0.39, 0.29) is 18.2 Å². The minimum atomic E-state index is -0.352. The number of amides is 1. The Morgan fingerprint density at radius 3 is 2.74 bits per heavy atom. The first-order valence-corrected chi connectivity index (χ1v) is 8.69. The van der Waals surface area contributed by atoms with E-state index in [0.717, 1.165) is 16.9 Å². The van der Waals surface area contributed by atoms with Gasteiger partial charge < -0.3 is 9.77 Å². The fourth-order valence-corrected chi connectivity index (χ4v) is 3.47. The number of nitriles is 1. The van der Waals surface area contributed by atoms with Crippen LogP contribution in [0.2, 0.25) is 0 Å². The first kappa shape index (κ1) is 16.8. The van der Waals surface area contributed by atoms with Gasteiger partial charge in [0.2, 0.25) is 0 Å². The van der Waals surface area contributed by atoms with Crippen LogP contribution < -0.4 is 4.90 Å². The normalized spacial score (nSPS) is 14.7. The van der Waals surface area contributed by atoms with Crippen LogP contribution in [0.4, 0.5) is 5.69 Å². The monoisotopic (exact) mass is 359 g/mol. The third-order valence-corrected chi connectivity index (χ3v) is 4.70. The number of carbonyl (C=O) groups excluding carboxylic acids is 1. The van der Waals surface area contributed by atoms with Crippen molar-refractivity contribution in [2.45, 2.75) is 25.9 Å². The van der Waals surface area contributed by atoms with Crippen molar-refractivity contribution < 1.29 is 10.0 Å². The van der Waals surface area contributed by atoms with Crippen LogP contribution in [-0.4, -0.2) is 26.4 Å². The fraction of sp³-hybridized carbons (Fsp3) is 0.200. The number of imidazole rings is 1. The number of oxime groups is 1. The van der Waals surface area contributed by atoms with Gasteiger partial charge in [-0.25, -0.2) is 4.98 Å². The van der Waals surface area contributed by atoms with Crippen molar-refractivity contribution in [1.82, 2.24) is 9.55 Å². The lowest BCUT2D eigenvalue weighted by Crippen LogP contribution is -2.31. The Morgan fingerprint density at radius 2 is 1.93 bits per heavy atom. The van der Waals surface area contributed by atoms with E-state index in [1.54, 1.807) is 17.0 Å². The Hall–Kier alpha value is -3.66. The predicted molar refractivity (Wildman–Crippen MR) is 101 cm³/mol. The number of hydrogen-bond donors (Lipinski definition) is 1. The minimum Gasteiger partial charge on any atom is -0.410 e. The first-order valence-electron chi connectivity index (χ1n) is 8.69. The zero-order valence-electron chi connectivity index (χ0n) is 14.5. The molecule has 0 bridgehead atoms. The van der Waals surface area contributed by atoms with E-state index < -0.39 is 0 Å². The largest absolute Gasteiger partial charge is 0.410 e. The summed E-state index contributed by atoms with van der Waals surface area (Å²) in [4.78, 5) is 19.0. The third kappa shape index (κ3) is 2.81. The predicted octanol–water partition coefficient (Wildman–Crippen LogP) is 3.07. The van der Waals surface area contributed by atoms with Crippen molar-refractivity contribution in [1.29, 1.82) is 5.26 Å². The van der Waals surface area contributed by atoms with Crippen LogP contribution in [0.25, 0.3) is 11.0 Å². The van der Waals surface area contributed by atoms with Crippen LogP contribution in [0.5, 0.6) is 0 Å². The van der Waals surface area contributed by atoms with Crippen LogP contribution in [0, 0.1) is 11.3 Å². The lowest BCUT2D eigenvalue weighted by molar-refractivity contribution is -0.112. The molecule has 2 heterocycles. The fourth-order valence-electron chi connectivity index (χ4n) is 3.47. The zero-order chi connectivity index (χ0) is 18.8. The summed E-state index contributed by atoms with van der Waals surface area (Å²) in [5.74, 6) is 0.380. The Bertz CT molecular complexity index is 1090. The second kappa shape index (κ2) is 6.92. The molecule has 0 saturated carbocycles. The van der Waals surface area contributed by atoms with Gasteiger partial charge in [-0.05, 0) is 24.6 Å². The van der Waals surface area contributed by atoms with Gasteiger partial charge in [0, 0.05) is 18.5 Å². The number of nitrogens with zero attached hydrogens (tertiary/aromatic N) is 5. The maximum Gasteiger partial charge on any atom is 0.281 e. The Balaban J connectivity index is 1.74. The summed E-state index contributed by atoms with van der Waals surface area (Å²) < 4.78 is 2.05. The molecule has 0 unspecified atom stereocenters. The van der Waals surface area contributed by atoms with E-state index in [1.807, 2.05) is 36.4 Å². The number of rotatable bonds is 5. The van der Waals surface area contributed by atoms with Gasteiger partial charge in [0.1, 0.15) is 5.82 Å². The Kier molecular flexibility index (Phi) is 4.30. The number of aryl methyl sites for hydroxylation is 1. The summed E-state index contributed by atoms with van der Waals surface area (Å²) in [7, 11) is 0. The summed E-state index contributed by atoms with van der Waals surface area (Å²) in [5.41, 5.74) is 3.17. The summed E-state index contributed by atoms with van der Waals surface area (Å²) in [6.07, 6.45) is 1.16. The van der Waals surface area contributed by atoms with Gasteiger partial charge in [-0.1, -0.05) is 35.5 Å². The lowest BCUT2D eigenvalue weighted by atomic mass is 10.1. The third-order valence-electron chi connectivity index (χ3n) is 4.70. The van der Waals surface area contributed by atoms with Crippen molar-refractivity contribution in [3.63, 3.8) is 0 Å². The number of unbranched alkanes of at least 4 members (excludes halogenated alkanes) is 1. The number of aromatic nitrogens is 2. The molecule has 3 aromatic rings. The van der Waals surface area contributed by atoms with Crippen LogP contribution in [-0.2, 0) is 17.9 Å². The van der Waals surface area contributed by atoms with E-state index in [2.05, 4.69) is 15.8 Å². The number of hydrogen-bond acceptors (Lipinski definition) is 5. The molecule has 0 spiro atoms. The molecule has 1 N–H and O–H groups in total. The highest BCUT2D eigenvalue weighted by molar-refractivity contribution is 6.54. The Morgan fingerprint density at radius 1 is 1.15 bits per heavy atom. The molecule has 2 aromatic carbocycles. The van der Waals surface area contributed by atoms with Gasteiger partial charge in [-0.15, -0.1) is 0 Å². The van der Waals surface area contributed by atoms with Crippen molar-refractivity contribution in [2.75, 3.05) is 4.90 Å². The molecule has 0 aliphatic carbocycles. The Labute approximate surface area is 155 Å². The van der Waals surface area contributed by atoms with Crippen LogP contribution in [0.1, 0.15) is 24.2 Å². The quantitative estimate of drug-likeness (QED) is 0.430. The molecule has 0 fully saturated rings. The van der Waals surface area contributed by atoms with Crippen molar-refractivity contribution in [3.8, 4) is 6.07 Å². The topological polar surface area (TPSA) is 94.5 Å². The molecule has 7 nitrogen and oxygen atoms in total. The summed E-state index contributed by atoms with van der Waals surface area (Å²) in [5, 5.41) is 21.3. The average Bonchev–Trinajstić information content (AvgIpc) is 3.17. The highest BCUT2D eigenvalue weighted by Crippen LogP contribution is 2.31. The van der Waals surface area contributed by atoms with E-state index in [1.165, 1.54) is 0 Å². The molecule has 0 radical (unpaired) electrons. The van der Waals surface area contributed by atoms with Gasteiger partial charge in [-0.3, -0.25) is 9.69 Å². The van der Waals surface area contributed by atoms with Crippen molar-refractivity contribution in [3.05, 3.63) is 59.9 Å². The molecule has 7 heteroatoms. The molecule has 1 aromatic heterocycles. The highest BCUT2D eigenvalue weighted by atomic mass is 16.4. The molecular formula is C20H17N5O2. The molecule has 0 atom stereocenters. The summed E-state index contributed by atoms with van der Waals surface area (Å²) in [6.45, 7) is 0.907. The number of carbonyl (C=O) groups is 1. The van der Waals surface area contributed by atoms with E-state index in [9.17, 15) is 10.0 Å². The molecule has 1 aliphatic heterocycles. The summed E-state index contributed by atoms with van der Waals surface area (Å²) in [6, 6.07) is 17.2. The maximum atomic E-state index is 12.7. The van der Waals surface area contributed by atoms with E-state index in [0.29, 0.717) is 30.6 Å². The maximum absolute atomic E-state index is 12.7. The highest BCUT2D eigenvalue weighted by Gasteiger charge is 2.35. The van der Waals surface area contributed by atoms with Gasteiger partial charge in [0.05, 0.1) is 29.3 Å². The lowest BCUT2D eigenvalue weighted by Gasteiger charge is -2.17. The standard InChI is InChI=1S/C20H17N5O2/c21-11-5-6-12-24-17-10-4-2-8-15(17)22-18(24)13-25-16-9-3-1-7-14(16)19(23-27)20(25)26/h1-4,7-10,27H,5-6,12-13H2. The molecule has 4 rings (SSSR count). The second-order valence-corrected chi connectivity index (χ2v) is 6.29. The zero-order valence-corrected chi connectivity index (χ0v) is 14.5. The average molecular weight is 359 g/mol. The second-order valence-electron chi connectivity index (χ2n) is 6.29. The number of benzene rings is 2. The van der Waals surface area contributed by atoms with Crippen LogP contribution in [0.15, 0.2) is 53.7 Å². The molecule has 1 aliphatic rings. The van der Waals surface area contributed by atoms with E-state index in [4.69, 9.17) is 10.2 Å². The first-order chi connectivity index (χ1) is 13.2. The minimum absolute atomic E-state index is 0.0396. The van der Waals surface area contributed by atoms with E-state index >= 15 is 0 Å². The molecule has 134 valence electrons. The van der Waals surface area contributed by atoms with Gasteiger partial charge in [0.25, 0.3) is 5.91 Å². The SMILES string of the molecule is N#CCCCn1c(CN2C(=O)C(=NO)c3ccccc32)nc2ccccc21. The van der Waals surface area contributed by atoms with Gasteiger partial charge in [0.15, 0.2) is 5.71 Å². The van der Waals surface area contributed by atoms with Crippen LogP contribution in [0.3, 0.4) is 0 Å². The smallest absolute Gasteiger partial charge is 0.281 e. The molecule has 0 saturated heterocycles. The van der Waals surface area contributed by atoms with Gasteiger partial charge >= 0.3 is 0 Å². The van der Waals surface area contributed by atoms with Crippen molar-refractivity contribution >= 4 is 28.3 Å².